The summed E-state index contributed by atoms with van der Waals surface area (Å²) in [6.45, 7) is 2.10. The van der Waals surface area contributed by atoms with Crippen LogP contribution >= 0.6 is 15.9 Å². The number of nitrogens with zero attached hydrogens (tertiary/aromatic N) is 1. The van der Waals surface area contributed by atoms with Gasteiger partial charge in [-0.1, -0.05) is 12.8 Å². The van der Waals surface area contributed by atoms with Crippen molar-refractivity contribution in [1.29, 1.82) is 0 Å². The van der Waals surface area contributed by atoms with Crippen molar-refractivity contribution in [3.05, 3.63) is 33.9 Å². The van der Waals surface area contributed by atoms with E-state index in [-0.39, 0.29) is 5.97 Å². The normalized spacial score (nSPS) is 15.9. The second-order valence-corrected chi connectivity index (χ2v) is 6.20. The van der Waals surface area contributed by atoms with Gasteiger partial charge in [-0.2, -0.15) is 0 Å². The van der Waals surface area contributed by atoms with Gasteiger partial charge < -0.3 is 9.30 Å². The molecule has 0 atom stereocenters. The van der Waals surface area contributed by atoms with Gasteiger partial charge in [-0.3, -0.25) is 0 Å². The number of ether oxygens (including phenoxy) is 1. The predicted octanol–water partition coefficient (Wildman–Crippen LogP) is 4.61. The maximum atomic E-state index is 11.7. The molecular weight excluding hydrogens is 318 g/mol. The van der Waals surface area contributed by atoms with Crippen LogP contribution in [0.5, 0.6) is 0 Å². The van der Waals surface area contributed by atoms with Crippen molar-refractivity contribution in [3.8, 4) is 0 Å². The third-order valence-corrected chi connectivity index (χ3v) is 5.27. The molecule has 0 spiro atoms. The SMILES string of the molecule is COC(=O)c1ccc2c(c1)c(C)c(Br)n2C1CCCC1. The standard InChI is InChI=1S/C16H18BrNO2/c1-10-13-9-11(16(19)20-2)7-8-14(13)18(15(10)17)12-5-3-4-6-12/h7-9,12H,3-6H2,1-2H3. The van der Waals surface area contributed by atoms with Crippen LogP contribution in [0.25, 0.3) is 10.9 Å². The number of esters is 1. The fourth-order valence-corrected chi connectivity index (χ4v) is 3.90. The minimum atomic E-state index is -0.281. The number of carbonyl (C=O) groups is 1. The summed E-state index contributed by atoms with van der Waals surface area (Å²) >= 11 is 3.73. The van der Waals surface area contributed by atoms with E-state index in [2.05, 4.69) is 27.4 Å². The van der Waals surface area contributed by atoms with Gasteiger partial charge in [0.05, 0.1) is 17.3 Å². The highest BCUT2D eigenvalue weighted by Gasteiger charge is 2.23. The number of carbonyl (C=O) groups excluding carboxylic acids is 1. The quantitative estimate of drug-likeness (QED) is 0.750. The second kappa shape index (κ2) is 5.24. The number of rotatable bonds is 2. The maximum absolute atomic E-state index is 11.7. The molecule has 0 unspecified atom stereocenters. The van der Waals surface area contributed by atoms with E-state index < -0.39 is 0 Å². The molecule has 3 nitrogen and oxygen atoms in total. The number of halogens is 1. The zero-order valence-corrected chi connectivity index (χ0v) is 13.4. The first-order chi connectivity index (χ1) is 9.63. The van der Waals surface area contributed by atoms with E-state index in [4.69, 9.17) is 4.74 Å². The Morgan fingerprint density at radius 3 is 2.70 bits per heavy atom. The smallest absolute Gasteiger partial charge is 0.337 e. The molecule has 1 heterocycles. The number of hydrogen-bond acceptors (Lipinski definition) is 2. The highest BCUT2D eigenvalue weighted by molar-refractivity contribution is 9.10. The Morgan fingerprint density at radius 1 is 1.35 bits per heavy atom. The van der Waals surface area contributed by atoms with Crippen LogP contribution in [0.3, 0.4) is 0 Å². The Balaban J connectivity index is 2.17. The first kappa shape index (κ1) is 13.7. The summed E-state index contributed by atoms with van der Waals surface area (Å²) in [5.74, 6) is -0.281. The molecule has 4 heteroatoms. The van der Waals surface area contributed by atoms with Gasteiger partial charge in [-0.05, 0) is 59.5 Å². The minimum Gasteiger partial charge on any atom is -0.465 e. The average Bonchev–Trinajstić information content (AvgIpc) is 3.06. The molecule has 106 valence electrons. The Kier molecular flexibility index (Phi) is 3.59. The van der Waals surface area contributed by atoms with Gasteiger partial charge in [-0.15, -0.1) is 0 Å². The van der Waals surface area contributed by atoms with Crippen LogP contribution in [0.4, 0.5) is 0 Å². The number of hydrogen-bond donors (Lipinski definition) is 0. The van der Waals surface area contributed by atoms with Crippen LogP contribution in [0.1, 0.15) is 47.6 Å². The van der Waals surface area contributed by atoms with Gasteiger partial charge in [-0.25, -0.2) is 4.79 Å². The van der Waals surface area contributed by atoms with E-state index >= 15 is 0 Å². The molecule has 0 amide bonds. The molecule has 20 heavy (non-hydrogen) atoms. The topological polar surface area (TPSA) is 31.2 Å². The molecule has 2 aromatic rings. The van der Waals surface area contributed by atoms with Crippen molar-refractivity contribution in [3.63, 3.8) is 0 Å². The number of aromatic nitrogens is 1. The molecule has 0 bridgehead atoms. The van der Waals surface area contributed by atoms with Crippen LogP contribution in [0, 0.1) is 6.92 Å². The number of benzene rings is 1. The summed E-state index contributed by atoms with van der Waals surface area (Å²) in [6.07, 6.45) is 5.08. The number of aryl methyl sites for hydroxylation is 1. The van der Waals surface area contributed by atoms with Crippen LogP contribution in [-0.2, 0) is 4.74 Å². The molecule has 0 N–H and O–H groups in total. The van der Waals surface area contributed by atoms with E-state index in [1.165, 1.54) is 43.9 Å². The summed E-state index contributed by atoms with van der Waals surface area (Å²) in [6, 6.07) is 6.40. The third kappa shape index (κ3) is 2.06. The van der Waals surface area contributed by atoms with Crippen LogP contribution in [-0.4, -0.2) is 17.6 Å². The van der Waals surface area contributed by atoms with Gasteiger partial charge in [0.2, 0.25) is 0 Å². The van der Waals surface area contributed by atoms with Crippen molar-refractivity contribution in [2.75, 3.05) is 7.11 Å². The fraction of sp³-hybridized carbons (Fsp3) is 0.438. The van der Waals surface area contributed by atoms with Crippen molar-refractivity contribution >= 4 is 32.8 Å². The first-order valence-corrected chi connectivity index (χ1v) is 7.81. The maximum Gasteiger partial charge on any atom is 0.337 e. The van der Waals surface area contributed by atoms with Crippen LogP contribution in [0.2, 0.25) is 0 Å². The van der Waals surface area contributed by atoms with Gasteiger partial charge in [0.1, 0.15) is 0 Å². The number of fused-ring (bicyclic) bond motifs is 1. The van der Waals surface area contributed by atoms with Crippen molar-refractivity contribution in [2.45, 2.75) is 38.6 Å². The molecule has 1 fully saturated rings. The molecule has 1 aliphatic rings. The lowest BCUT2D eigenvalue weighted by molar-refractivity contribution is 0.0601. The molecule has 1 saturated carbocycles. The van der Waals surface area contributed by atoms with Gasteiger partial charge >= 0.3 is 5.97 Å². The van der Waals surface area contributed by atoms with Crippen molar-refractivity contribution in [2.24, 2.45) is 0 Å². The lowest BCUT2D eigenvalue weighted by Crippen LogP contribution is -2.05. The van der Waals surface area contributed by atoms with E-state index in [1.807, 2.05) is 18.2 Å². The molecule has 1 aliphatic carbocycles. The highest BCUT2D eigenvalue weighted by atomic mass is 79.9. The average molecular weight is 336 g/mol. The van der Waals surface area contributed by atoms with Gasteiger partial charge in [0.15, 0.2) is 0 Å². The lowest BCUT2D eigenvalue weighted by atomic mass is 10.1. The molecule has 1 aromatic carbocycles. The lowest BCUT2D eigenvalue weighted by Gasteiger charge is -2.15. The Labute approximate surface area is 127 Å². The van der Waals surface area contributed by atoms with Crippen LogP contribution in [0.15, 0.2) is 22.8 Å². The van der Waals surface area contributed by atoms with E-state index in [0.29, 0.717) is 11.6 Å². The van der Waals surface area contributed by atoms with Gasteiger partial charge in [0.25, 0.3) is 0 Å². The van der Waals surface area contributed by atoms with Crippen molar-refractivity contribution in [1.82, 2.24) is 4.57 Å². The highest BCUT2D eigenvalue weighted by Crippen LogP contribution is 2.39. The van der Waals surface area contributed by atoms with E-state index in [1.54, 1.807) is 0 Å². The minimum absolute atomic E-state index is 0.281. The Morgan fingerprint density at radius 2 is 2.05 bits per heavy atom. The Hall–Kier alpha value is -1.29. The number of methoxy groups -OCH3 is 1. The van der Waals surface area contributed by atoms with Gasteiger partial charge in [0, 0.05) is 16.9 Å². The van der Waals surface area contributed by atoms with E-state index in [0.717, 1.165) is 9.99 Å². The van der Waals surface area contributed by atoms with Crippen molar-refractivity contribution < 1.29 is 9.53 Å². The molecule has 0 aliphatic heterocycles. The zero-order valence-electron chi connectivity index (χ0n) is 11.8. The fourth-order valence-electron chi connectivity index (χ4n) is 3.21. The first-order valence-electron chi connectivity index (χ1n) is 7.02. The predicted molar refractivity (Wildman–Crippen MR) is 83.2 cm³/mol. The molecule has 3 rings (SSSR count). The summed E-state index contributed by atoms with van der Waals surface area (Å²) in [7, 11) is 1.42. The second-order valence-electron chi connectivity index (χ2n) is 5.45. The Bertz CT molecular complexity index is 669. The summed E-state index contributed by atoms with van der Waals surface area (Å²) < 4.78 is 8.33. The monoisotopic (exact) mass is 335 g/mol. The third-order valence-electron chi connectivity index (χ3n) is 4.29. The largest absolute Gasteiger partial charge is 0.465 e. The molecular formula is C16H18BrNO2. The summed E-state index contributed by atoms with van der Waals surface area (Å²) in [5, 5.41) is 1.13. The molecule has 0 radical (unpaired) electrons. The van der Waals surface area contributed by atoms with E-state index in [9.17, 15) is 4.79 Å². The van der Waals surface area contributed by atoms with Crippen LogP contribution < -0.4 is 0 Å². The molecule has 1 aromatic heterocycles. The molecule has 0 saturated heterocycles. The zero-order chi connectivity index (χ0) is 14.3. The summed E-state index contributed by atoms with van der Waals surface area (Å²) in [5.41, 5.74) is 3.01. The summed E-state index contributed by atoms with van der Waals surface area (Å²) in [4.78, 5) is 11.7.